The van der Waals surface area contributed by atoms with Crippen LogP contribution in [0.5, 0.6) is 0 Å². The zero-order valence-corrected chi connectivity index (χ0v) is 18.3. The second-order valence-corrected chi connectivity index (χ2v) is 7.30. The Hall–Kier alpha value is -1.57. The van der Waals surface area contributed by atoms with Crippen molar-refractivity contribution in [2.75, 3.05) is 20.1 Å². The molecule has 1 aromatic carbocycles. The number of hydrogen-bond acceptors (Lipinski definition) is 2. The Morgan fingerprint density at radius 1 is 1.15 bits per heavy atom. The highest BCUT2D eigenvalue weighted by molar-refractivity contribution is 14.0. The van der Waals surface area contributed by atoms with Gasteiger partial charge in [0.1, 0.15) is 0 Å². The molecular formula is C20H30IN5. The van der Waals surface area contributed by atoms with E-state index in [0.717, 1.165) is 44.0 Å². The number of piperidine rings is 1. The van der Waals surface area contributed by atoms with Gasteiger partial charge in [0.15, 0.2) is 5.96 Å². The molecule has 0 amide bonds. The minimum Gasteiger partial charge on any atom is -0.352 e. The summed E-state index contributed by atoms with van der Waals surface area (Å²) in [5.41, 5.74) is 2.55. The molecular weight excluding hydrogens is 437 g/mol. The largest absolute Gasteiger partial charge is 0.352 e. The van der Waals surface area contributed by atoms with Crippen LogP contribution in [0, 0.1) is 11.8 Å². The minimum atomic E-state index is 0. The molecule has 26 heavy (non-hydrogen) atoms. The molecule has 1 saturated heterocycles. The molecule has 0 bridgehead atoms. The Labute approximate surface area is 173 Å². The van der Waals surface area contributed by atoms with Crippen molar-refractivity contribution in [3.05, 3.63) is 54.1 Å². The van der Waals surface area contributed by atoms with Gasteiger partial charge in [-0.15, -0.1) is 24.0 Å². The van der Waals surface area contributed by atoms with Crippen LogP contribution in [0.25, 0.3) is 0 Å². The van der Waals surface area contributed by atoms with Gasteiger partial charge in [0.2, 0.25) is 0 Å². The molecule has 3 rings (SSSR count). The lowest BCUT2D eigenvalue weighted by Gasteiger charge is -2.37. The average Bonchev–Trinajstić information content (AvgIpc) is 3.09. The van der Waals surface area contributed by atoms with E-state index in [-0.39, 0.29) is 24.0 Å². The van der Waals surface area contributed by atoms with Gasteiger partial charge in [0.25, 0.3) is 0 Å². The van der Waals surface area contributed by atoms with Crippen molar-refractivity contribution >= 4 is 29.9 Å². The van der Waals surface area contributed by atoms with Crippen LogP contribution in [-0.4, -0.2) is 40.5 Å². The summed E-state index contributed by atoms with van der Waals surface area (Å²) in [4.78, 5) is 11.0. The Morgan fingerprint density at radius 2 is 1.81 bits per heavy atom. The number of rotatable bonds is 4. The summed E-state index contributed by atoms with van der Waals surface area (Å²) >= 11 is 0. The van der Waals surface area contributed by atoms with E-state index in [2.05, 4.69) is 62.9 Å². The van der Waals surface area contributed by atoms with E-state index in [4.69, 9.17) is 0 Å². The van der Waals surface area contributed by atoms with Crippen LogP contribution >= 0.6 is 24.0 Å². The predicted molar refractivity (Wildman–Crippen MR) is 118 cm³/mol. The van der Waals surface area contributed by atoms with Crippen molar-refractivity contribution in [2.24, 2.45) is 16.8 Å². The highest BCUT2D eigenvalue weighted by atomic mass is 127. The molecule has 0 saturated carbocycles. The first kappa shape index (κ1) is 20.7. The van der Waals surface area contributed by atoms with E-state index >= 15 is 0 Å². The van der Waals surface area contributed by atoms with Crippen molar-refractivity contribution < 1.29 is 0 Å². The molecule has 5 nitrogen and oxygen atoms in total. The number of nitrogens with zero attached hydrogens (tertiary/aromatic N) is 4. The normalized spacial score (nSPS) is 20.6. The first-order valence-corrected chi connectivity index (χ1v) is 9.13. The maximum Gasteiger partial charge on any atom is 0.193 e. The molecule has 1 N–H and O–H groups in total. The minimum absolute atomic E-state index is 0. The molecule has 2 unspecified atom stereocenters. The summed E-state index contributed by atoms with van der Waals surface area (Å²) in [7, 11) is 1.88. The highest BCUT2D eigenvalue weighted by Gasteiger charge is 2.23. The van der Waals surface area contributed by atoms with Gasteiger partial charge >= 0.3 is 0 Å². The monoisotopic (exact) mass is 467 g/mol. The van der Waals surface area contributed by atoms with Gasteiger partial charge in [-0.05, 0) is 29.4 Å². The van der Waals surface area contributed by atoms with Gasteiger partial charge < -0.3 is 14.8 Å². The number of hydrogen-bond donors (Lipinski definition) is 1. The zero-order valence-electron chi connectivity index (χ0n) is 15.9. The standard InChI is InChI=1S/C20H29N5.HI/c1-16-10-17(2)13-25(12-16)20(21-3)23-11-18-4-6-19(7-5-18)14-24-9-8-22-15-24;/h4-9,15-17H,10-14H2,1-3H3,(H,21,23);1H. The van der Waals surface area contributed by atoms with Crippen molar-refractivity contribution in [1.29, 1.82) is 0 Å². The van der Waals surface area contributed by atoms with Crippen LogP contribution in [0.3, 0.4) is 0 Å². The molecule has 0 aliphatic carbocycles. The summed E-state index contributed by atoms with van der Waals surface area (Å²) < 4.78 is 2.08. The summed E-state index contributed by atoms with van der Waals surface area (Å²) in [5, 5.41) is 3.52. The molecule has 1 aliphatic rings. The van der Waals surface area contributed by atoms with Crippen LogP contribution in [0.1, 0.15) is 31.4 Å². The number of benzene rings is 1. The summed E-state index contributed by atoms with van der Waals surface area (Å²) in [6.07, 6.45) is 6.96. The van der Waals surface area contributed by atoms with Gasteiger partial charge in [-0.3, -0.25) is 4.99 Å². The second-order valence-electron chi connectivity index (χ2n) is 7.30. The Kier molecular flexibility index (Phi) is 7.93. The summed E-state index contributed by atoms with van der Waals surface area (Å²) in [6.45, 7) is 8.50. The van der Waals surface area contributed by atoms with Gasteiger partial charge in [0, 0.05) is 45.6 Å². The third-order valence-electron chi connectivity index (χ3n) is 4.78. The van der Waals surface area contributed by atoms with Gasteiger partial charge in [0.05, 0.1) is 6.33 Å². The van der Waals surface area contributed by atoms with Gasteiger partial charge in [-0.25, -0.2) is 4.98 Å². The fourth-order valence-electron chi connectivity index (χ4n) is 3.70. The lowest BCUT2D eigenvalue weighted by Crippen LogP contribution is -2.48. The van der Waals surface area contributed by atoms with Crippen molar-refractivity contribution in [2.45, 2.75) is 33.4 Å². The van der Waals surface area contributed by atoms with Gasteiger partial charge in [-0.1, -0.05) is 38.1 Å². The molecule has 0 radical (unpaired) electrons. The first-order chi connectivity index (χ1) is 12.1. The third kappa shape index (κ3) is 5.72. The average molecular weight is 467 g/mol. The van der Waals surface area contributed by atoms with Crippen molar-refractivity contribution in [3.63, 3.8) is 0 Å². The fraction of sp³-hybridized carbons (Fsp3) is 0.500. The molecule has 1 aromatic heterocycles. The summed E-state index contributed by atoms with van der Waals surface area (Å²) in [5.74, 6) is 2.47. The topological polar surface area (TPSA) is 45.5 Å². The number of guanidine groups is 1. The van der Waals surface area contributed by atoms with Crippen LogP contribution in [0.15, 0.2) is 48.0 Å². The molecule has 0 spiro atoms. The predicted octanol–water partition coefficient (Wildman–Crippen LogP) is 3.60. The van der Waals surface area contributed by atoms with E-state index in [1.807, 2.05) is 25.8 Å². The molecule has 2 aromatic rings. The van der Waals surface area contributed by atoms with Gasteiger partial charge in [-0.2, -0.15) is 0 Å². The Balaban J connectivity index is 0.00000243. The van der Waals surface area contributed by atoms with Crippen LogP contribution in [-0.2, 0) is 13.1 Å². The number of aromatic nitrogens is 2. The lowest BCUT2D eigenvalue weighted by atomic mass is 9.92. The number of likely N-dealkylation sites (tertiary alicyclic amines) is 1. The number of halogens is 1. The van der Waals surface area contributed by atoms with E-state index in [0.29, 0.717) is 0 Å². The van der Waals surface area contributed by atoms with Crippen LogP contribution < -0.4 is 5.32 Å². The molecule has 2 atom stereocenters. The van der Waals surface area contributed by atoms with Crippen molar-refractivity contribution in [3.8, 4) is 0 Å². The maximum atomic E-state index is 4.48. The molecule has 1 aliphatic heterocycles. The fourth-order valence-corrected chi connectivity index (χ4v) is 3.70. The molecule has 142 valence electrons. The maximum absolute atomic E-state index is 4.48. The molecule has 1 fully saturated rings. The Morgan fingerprint density at radius 3 is 2.38 bits per heavy atom. The van der Waals surface area contributed by atoms with Crippen LogP contribution in [0.2, 0.25) is 0 Å². The SMILES string of the molecule is CN=C(NCc1ccc(Cn2ccnc2)cc1)N1CC(C)CC(C)C1.I. The smallest absolute Gasteiger partial charge is 0.193 e. The van der Waals surface area contributed by atoms with E-state index < -0.39 is 0 Å². The Bertz CT molecular complexity index is 671. The van der Waals surface area contributed by atoms with Crippen LogP contribution in [0.4, 0.5) is 0 Å². The number of imidazole rings is 1. The number of aliphatic imine (C=N–C) groups is 1. The number of nitrogens with one attached hydrogen (secondary N) is 1. The molecule has 2 heterocycles. The first-order valence-electron chi connectivity index (χ1n) is 9.13. The van der Waals surface area contributed by atoms with Crippen molar-refractivity contribution in [1.82, 2.24) is 19.8 Å². The lowest BCUT2D eigenvalue weighted by molar-refractivity contribution is 0.208. The quantitative estimate of drug-likeness (QED) is 0.425. The van der Waals surface area contributed by atoms with E-state index in [1.165, 1.54) is 17.5 Å². The second kappa shape index (κ2) is 9.94. The zero-order chi connectivity index (χ0) is 17.6. The highest BCUT2D eigenvalue weighted by Crippen LogP contribution is 2.20. The molecule has 6 heteroatoms. The third-order valence-corrected chi connectivity index (χ3v) is 4.78. The van der Waals surface area contributed by atoms with E-state index in [1.54, 1.807) is 0 Å². The summed E-state index contributed by atoms with van der Waals surface area (Å²) in [6, 6.07) is 8.75. The van der Waals surface area contributed by atoms with E-state index in [9.17, 15) is 0 Å².